The van der Waals surface area contributed by atoms with Crippen molar-refractivity contribution in [2.75, 3.05) is 12.3 Å². The highest BCUT2D eigenvalue weighted by Gasteiger charge is 2.45. The van der Waals surface area contributed by atoms with E-state index in [1.54, 1.807) is 10.6 Å². The summed E-state index contributed by atoms with van der Waals surface area (Å²) in [7, 11) is 0. The summed E-state index contributed by atoms with van der Waals surface area (Å²) in [5.41, 5.74) is 8.14. The number of nitrogen functional groups attached to an aromatic ring is 1. The lowest BCUT2D eigenvalue weighted by molar-refractivity contribution is -0.0503. The van der Waals surface area contributed by atoms with Gasteiger partial charge in [0, 0.05) is 12.0 Å². The van der Waals surface area contributed by atoms with Crippen LogP contribution in [0.5, 0.6) is 0 Å². The smallest absolute Gasteiger partial charge is 0.222 e. The maximum atomic E-state index is 10.6. The van der Waals surface area contributed by atoms with Crippen LogP contribution in [0.4, 0.5) is 5.95 Å². The van der Waals surface area contributed by atoms with Crippen LogP contribution in [0.25, 0.3) is 22.6 Å². The number of allylic oxidation sites excluding steroid dienone is 1. The van der Waals surface area contributed by atoms with E-state index in [9.17, 15) is 15.3 Å². The van der Waals surface area contributed by atoms with Crippen molar-refractivity contribution >= 4 is 17.1 Å². The van der Waals surface area contributed by atoms with Gasteiger partial charge in [0.2, 0.25) is 5.95 Å². The Balaban J connectivity index is 1.98. The van der Waals surface area contributed by atoms with Crippen LogP contribution in [0, 0.1) is 0 Å². The van der Waals surface area contributed by atoms with Gasteiger partial charge in [0.05, 0.1) is 12.3 Å². The lowest BCUT2D eigenvalue weighted by Crippen LogP contribution is -2.33. The number of nitrogens with two attached hydrogens (primary N) is 1. The van der Waals surface area contributed by atoms with Crippen LogP contribution in [0.2, 0.25) is 0 Å². The fraction of sp³-hybridized carbons (Fsp3) is 0.316. The van der Waals surface area contributed by atoms with Crippen LogP contribution in [0.15, 0.2) is 43.0 Å². The van der Waals surface area contributed by atoms with Crippen molar-refractivity contribution in [2.24, 2.45) is 0 Å². The number of ether oxygens (including phenoxy) is 1. The minimum atomic E-state index is -1.28. The highest BCUT2D eigenvalue weighted by Crippen LogP contribution is 2.36. The first kappa shape index (κ1) is 18.5. The lowest BCUT2D eigenvalue weighted by atomic mass is 10.1. The summed E-state index contributed by atoms with van der Waals surface area (Å²) in [5, 5.41) is 30.2. The Bertz CT molecular complexity index is 1010. The van der Waals surface area contributed by atoms with Crippen molar-refractivity contribution < 1.29 is 20.1 Å². The summed E-state index contributed by atoms with van der Waals surface area (Å²) in [6.07, 6.45) is -2.33. The fourth-order valence-electron chi connectivity index (χ4n) is 3.45. The molecule has 0 aliphatic carbocycles. The summed E-state index contributed by atoms with van der Waals surface area (Å²) >= 11 is 0. The Labute approximate surface area is 160 Å². The molecule has 146 valence electrons. The number of aromatic nitrogens is 4. The molecular formula is C19H21N5O4. The first-order valence-corrected chi connectivity index (χ1v) is 8.88. The number of anilines is 1. The zero-order valence-electron chi connectivity index (χ0n) is 15.0. The molecule has 1 fully saturated rings. The van der Waals surface area contributed by atoms with Gasteiger partial charge in [0.15, 0.2) is 11.9 Å². The molecule has 5 N–H and O–H groups in total. The molecule has 9 heteroatoms. The molecule has 0 amide bonds. The number of fused-ring (bicyclic) bond motifs is 1. The molecule has 1 saturated heterocycles. The summed E-state index contributed by atoms with van der Waals surface area (Å²) in [5.74, 6) is 0.535. The van der Waals surface area contributed by atoms with Crippen LogP contribution in [-0.2, 0) is 11.2 Å². The third-order valence-corrected chi connectivity index (χ3v) is 4.77. The van der Waals surface area contributed by atoms with Gasteiger partial charge in [-0.15, -0.1) is 6.58 Å². The standard InChI is InChI=1S/C19H21N5O4/c1-2-6-11-13-17(23-19(20)21-11)24(16(22-13)10-7-4-3-5-8-10)18-15(27)14(26)12(9-25)28-18/h2-5,7-8,12,14-15,18,25-27H,1,6,9H2,(H2,20,21,23)/t12-,14-,15-,18?/m1/s1. The molecule has 3 heterocycles. The third-order valence-electron chi connectivity index (χ3n) is 4.77. The topological polar surface area (TPSA) is 140 Å². The second-order valence-corrected chi connectivity index (χ2v) is 6.59. The molecule has 28 heavy (non-hydrogen) atoms. The molecule has 0 spiro atoms. The van der Waals surface area contributed by atoms with Gasteiger partial charge in [-0.3, -0.25) is 4.57 Å². The summed E-state index contributed by atoms with van der Waals surface area (Å²) in [6, 6.07) is 9.33. The molecule has 4 atom stereocenters. The third kappa shape index (κ3) is 2.94. The predicted octanol–water partition coefficient (Wildman–Crippen LogP) is 0.415. The quantitative estimate of drug-likeness (QED) is 0.465. The molecule has 0 bridgehead atoms. The van der Waals surface area contributed by atoms with Gasteiger partial charge >= 0.3 is 0 Å². The Morgan fingerprint density at radius 3 is 2.54 bits per heavy atom. The molecule has 9 nitrogen and oxygen atoms in total. The Kier molecular flexibility index (Phi) is 4.82. The fourth-order valence-corrected chi connectivity index (χ4v) is 3.45. The van der Waals surface area contributed by atoms with Crippen LogP contribution in [0.3, 0.4) is 0 Å². The zero-order valence-corrected chi connectivity index (χ0v) is 15.0. The number of aliphatic hydroxyl groups excluding tert-OH is 3. The van der Waals surface area contributed by atoms with Crippen molar-refractivity contribution in [3.63, 3.8) is 0 Å². The SMILES string of the molecule is C=CCc1nc(N)nc2c1nc(-c1ccccc1)n2C1O[C@H](CO)[C@@H](O)[C@H]1O. The normalized spacial score (nSPS) is 24.7. The molecule has 1 unspecified atom stereocenters. The maximum Gasteiger partial charge on any atom is 0.222 e. The van der Waals surface area contributed by atoms with Crippen molar-refractivity contribution in [2.45, 2.75) is 31.0 Å². The maximum absolute atomic E-state index is 10.6. The first-order chi connectivity index (χ1) is 13.5. The van der Waals surface area contributed by atoms with E-state index < -0.39 is 31.1 Å². The Morgan fingerprint density at radius 1 is 1.14 bits per heavy atom. The summed E-state index contributed by atoms with van der Waals surface area (Å²) in [4.78, 5) is 13.3. The average Bonchev–Trinajstić information content (AvgIpc) is 3.21. The summed E-state index contributed by atoms with van der Waals surface area (Å²) in [6.45, 7) is 3.31. The zero-order chi connectivity index (χ0) is 19.8. The average molecular weight is 383 g/mol. The van der Waals surface area contributed by atoms with Crippen LogP contribution in [-0.4, -0.2) is 59.8 Å². The van der Waals surface area contributed by atoms with E-state index >= 15 is 0 Å². The van der Waals surface area contributed by atoms with Gasteiger partial charge in [0.25, 0.3) is 0 Å². The van der Waals surface area contributed by atoms with Crippen LogP contribution in [0.1, 0.15) is 11.9 Å². The van der Waals surface area contributed by atoms with E-state index in [0.717, 1.165) is 5.56 Å². The monoisotopic (exact) mass is 383 g/mol. The minimum absolute atomic E-state index is 0.0526. The van der Waals surface area contributed by atoms with Gasteiger partial charge < -0.3 is 25.8 Å². The highest BCUT2D eigenvalue weighted by atomic mass is 16.6. The Morgan fingerprint density at radius 2 is 1.89 bits per heavy atom. The number of hydrogen-bond donors (Lipinski definition) is 4. The van der Waals surface area contributed by atoms with E-state index in [2.05, 4.69) is 16.5 Å². The number of imidazole rings is 1. The number of hydrogen-bond acceptors (Lipinski definition) is 8. The Hall–Kier alpha value is -2.85. The van der Waals surface area contributed by atoms with E-state index in [0.29, 0.717) is 29.1 Å². The van der Waals surface area contributed by atoms with Crippen molar-refractivity contribution in [3.8, 4) is 11.4 Å². The number of rotatable bonds is 5. The van der Waals surface area contributed by atoms with Gasteiger partial charge in [0.1, 0.15) is 29.7 Å². The van der Waals surface area contributed by atoms with Gasteiger partial charge in [-0.1, -0.05) is 36.4 Å². The first-order valence-electron chi connectivity index (χ1n) is 8.88. The minimum Gasteiger partial charge on any atom is -0.394 e. The molecule has 1 aliphatic rings. The van der Waals surface area contributed by atoms with E-state index in [4.69, 9.17) is 15.5 Å². The van der Waals surface area contributed by atoms with Gasteiger partial charge in [-0.25, -0.2) is 9.97 Å². The molecule has 3 aromatic rings. The molecule has 0 radical (unpaired) electrons. The summed E-state index contributed by atoms with van der Waals surface area (Å²) < 4.78 is 7.34. The second-order valence-electron chi connectivity index (χ2n) is 6.59. The molecule has 0 saturated carbocycles. The van der Waals surface area contributed by atoms with Crippen LogP contribution < -0.4 is 5.73 Å². The van der Waals surface area contributed by atoms with Crippen molar-refractivity contribution in [1.29, 1.82) is 0 Å². The van der Waals surface area contributed by atoms with Crippen LogP contribution >= 0.6 is 0 Å². The second kappa shape index (κ2) is 7.28. The lowest BCUT2D eigenvalue weighted by Gasteiger charge is -2.19. The molecular weight excluding hydrogens is 362 g/mol. The number of nitrogens with zero attached hydrogens (tertiary/aromatic N) is 4. The molecule has 1 aliphatic heterocycles. The molecule has 1 aromatic carbocycles. The van der Waals surface area contributed by atoms with Gasteiger partial charge in [-0.2, -0.15) is 4.98 Å². The molecule has 4 rings (SSSR count). The van der Waals surface area contributed by atoms with E-state index in [1.165, 1.54) is 0 Å². The molecule has 2 aromatic heterocycles. The van der Waals surface area contributed by atoms with Crippen molar-refractivity contribution in [1.82, 2.24) is 19.5 Å². The predicted molar refractivity (Wildman–Crippen MR) is 102 cm³/mol. The highest BCUT2D eigenvalue weighted by molar-refractivity contribution is 5.80. The number of benzene rings is 1. The van der Waals surface area contributed by atoms with Gasteiger partial charge in [-0.05, 0) is 0 Å². The number of aliphatic hydroxyl groups is 3. The van der Waals surface area contributed by atoms with E-state index in [-0.39, 0.29) is 5.95 Å². The van der Waals surface area contributed by atoms with Crippen molar-refractivity contribution in [3.05, 3.63) is 48.7 Å². The van der Waals surface area contributed by atoms with E-state index in [1.807, 2.05) is 30.3 Å². The largest absolute Gasteiger partial charge is 0.394 e.